The van der Waals surface area contributed by atoms with E-state index in [1.807, 2.05) is 81.4 Å². The van der Waals surface area contributed by atoms with E-state index < -0.39 is 12.1 Å². The van der Waals surface area contributed by atoms with Gasteiger partial charge in [-0.05, 0) is 53.8 Å². The van der Waals surface area contributed by atoms with Crippen molar-refractivity contribution >= 4 is 12.0 Å². The molecule has 0 saturated carbocycles. The summed E-state index contributed by atoms with van der Waals surface area (Å²) in [5, 5.41) is 5.66. The van der Waals surface area contributed by atoms with Gasteiger partial charge in [-0.25, -0.2) is 4.79 Å². The second kappa shape index (κ2) is 13.1. The van der Waals surface area contributed by atoms with Gasteiger partial charge >= 0.3 is 6.09 Å². The smallest absolute Gasteiger partial charge is 0.408 e. The van der Waals surface area contributed by atoms with E-state index in [1.165, 1.54) is 0 Å². The van der Waals surface area contributed by atoms with Gasteiger partial charge in [-0.3, -0.25) is 9.78 Å². The van der Waals surface area contributed by atoms with Crippen molar-refractivity contribution in [1.29, 1.82) is 0 Å². The monoisotopic (exact) mass is 491 g/mol. The summed E-state index contributed by atoms with van der Waals surface area (Å²) in [6.07, 6.45) is 2.79. The molecule has 2 N–H and O–H groups in total. The van der Waals surface area contributed by atoms with Gasteiger partial charge in [-0.1, -0.05) is 50.2 Å². The summed E-state index contributed by atoms with van der Waals surface area (Å²) in [5.74, 6) is 0.719. The number of alkyl carbamates (subject to hydrolysis) is 1. The molecule has 1 heterocycles. The Hall–Kier alpha value is -4.07. The van der Waals surface area contributed by atoms with Crippen molar-refractivity contribution < 1.29 is 23.8 Å². The largest absolute Gasteiger partial charge is 0.493 e. The van der Waals surface area contributed by atoms with Crippen LogP contribution in [0.5, 0.6) is 11.5 Å². The van der Waals surface area contributed by atoms with Crippen molar-refractivity contribution in [2.45, 2.75) is 46.1 Å². The molecule has 2 aromatic carbocycles. The molecule has 3 rings (SSSR count). The molecule has 8 heteroatoms. The number of carbonyl (C=O) groups is 2. The minimum atomic E-state index is -0.749. The molecule has 2 amide bonds. The lowest BCUT2D eigenvalue weighted by Crippen LogP contribution is -2.50. The average molecular weight is 492 g/mol. The van der Waals surface area contributed by atoms with E-state index in [0.717, 1.165) is 16.7 Å². The maximum Gasteiger partial charge on any atom is 0.408 e. The Morgan fingerprint density at radius 1 is 0.861 bits per heavy atom. The second-order valence-electron chi connectivity index (χ2n) is 8.71. The van der Waals surface area contributed by atoms with E-state index in [2.05, 4.69) is 15.6 Å². The molecule has 8 nitrogen and oxygen atoms in total. The van der Waals surface area contributed by atoms with Crippen LogP contribution in [-0.4, -0.2) is 30.1 Å². The zero-order chi connectivity index (χ0) is 25.9. The van der Waals surface area contributed by atoms with Crippen molar-refractivity contribution in [2.24, 2.45) is 5.92 Å². The predicted octanol–water partition coefficient (Wildman–Crippen LogP) is 4.80. The van der Waals surface area contributed by atoms with Crippen LogP contribution < -0.4 is 20.1 Å². The Labute approximate surface area is 212 Å². The van der Waals surface area contributed by atoms with Gasteiger partial charge in [0.05, 0.1) is 13.2 Å². The van der Waals surface area contributed by atoms with Gasteiger partial charge in [0.1, 0.15) is 19.3 Å². The van der Waals surface area contributed by atoms with Crippen LogP contribution in [-0.2, 0) is 22.7 Å². The summed E-state index contributed by atoms with van der Waals surface area (Å²) < 4.78 is 16.7. The third-order valence-corrected chi connectivity index (χ3v) is 5.63. The van der Waals surface area contributed by atoms with E-state index in [0.29, 0.717) is 18.1 Å². The fourth-order valence-electron chi connectivity index (χ4n) is 3.53. The number of rotatable bonds is 11. The standard InChI is InChI=1S/C28H33N3O5/c1-19(2)26(31-28(33)36-18-21-8-6-5-7-9-21)27(32)30-20(3)23-10-11-24(25(16-23)34-4)35-17-22-12-14-29-15-13-22/h5-16,19-20,26H,17-18H2,1-4H3,(H,30,32)(H,31,33)/t20?,26-/m0/s1. The summed E-state index contributed by atoms with van der Waals surface area (Å²) in [4.78, 5) is 29.4. The lowest BCUT2D eigenvalue weighted by molar-refractivity contribution is -0.124. The Bertz CT molecular complexity index is 1120. The number of carbonyl (C=O) groups excluding carboxylic acids is 2. The van der Waals surface area contributed by atoms with Crippen molar-refractivity contribution in [1.82, 2.24) is 15.6 Å². The molecule has 0 radical (unpaired) electrons. The van der Waals surface area contributed by atoms with Gasteiger partial charge in [-0.2, -0.15) is 0 Å². The number of pyridine rings is 1. The van der Waals surface area contributed by atoms with Crippen LogP contribution in [0.3, 0.4) is 0 Å². The molecule has 36 heavy (non-hydrogen) atoms. The van der Waals surface area contributed by atoms with Crippen LogP contribution in [0.1, 0.15) is 43.5 Å². The fraction of sp³-hybridized carbons (Fsp3) is 0.321. The Balaban J connectivity index is 1.58. The molecule has 0 aliphatic rings. The topological polar surface area (TPSA) is 98.8 Å². The minimum Gasteiger partial charge on any atom is -0.493 e. The zero-order valence-corrected chi connectivity index (χ0v) is 21.1. The second-order valence-corrected chi connectivity index (χ2v) is 8.71. The minimum absolute atomic E-state index is 0.130. The highest BCUT2D eigenvalue weighted by atomic mass is 16.5. The highest BCUT2D eigenvalue weighted by molar-refractivity contribution is 5.86. The van der Waals surface area contributed by atoms with Gasteiger partial charge in [-0.15, -0.1) is 0 Å². The molecule has 2 atom stereocenters. The number of aromatic nitrogens is 1. The molecule has 0 spiro atoms. The van der Waals surface area contributed by atoms with E-state index in [9.17, 15) is 9.59 Å². The molecule has 1 aromatic heterocycles. The molecule has 0 aliphatic carbocycles. The number of nitrogens with one attached hydrogen (secondary N) is 2. The van der Waals surface area contributed by atoms with Crippen LogP contribution in [0.4, 0.5) is 4.79 Å². The highest BCUT2D eigenvalue weighted by Crippen LogP contribution is 2.31. The fourth-order valence-corrected chi connectivity index (χ4v) is 3.53. The number of ether oxygens (including phenoxy) is 3. The Kier molecular flexibility index (Phi) is 9.68. The highest BCUT2D eigenvalue weighted by Gasteiger charge is 2.26. The predicted molar refractivity (Wildman–Crippen MR) is 137 cm³/mol. The van der Waals surface area contributed by atoms with Crippen LogP contribution in [0.25, 0.3) is 0 Å². The SMILES string of the molecule is COc1cc(C(C)NC(=O)[C@@H](NC(=O)OCc2ccccc2)C(C)C)ccc1OCc1ccncc1. The summed E-state index contributed by atoms with van der Waals surface area (Å²) in [6.45, 7) is 6.11. The number of methoxy groups -OCH3 is 1. The number of hydrogen-bond donors (Lipinski definition) is 2. The molecular formula is C28H33N3O5. The number of nitrogens with zero attached hydrogens (tertiary/aromatic N) is 1. The molecule has 3 aromatic rings. The Morgan fingerprint density at radius 2 is 1.56 bits per heavy atom. The van der Waals surface area contributed by atoms with Crippen LogP contribution >= 0.6 is 0 Å². The van der Waals surface area contributed by atoms with E-state index >= 15 is 0 Å². The maximum absolute atomic E-state index is 13.0. The molecule has 0 aliphatic heterocycles. The summed E-state index contributed by atoms with van der Waals surface area (Å²) in [6, 6.07) is 17.6. The Morgan fingerprint density at radius 3 is 2.22 bits per heavy atom. The maximum atomic E-state index is 13.0. The molecule has 190 valence electrons. The molecule has 1 unspecified atom stereocenters. The van der Waals surface area contributed by atoms with Crippen molar-refractivity contribution in [3.05, 3.63) is 89.7 Å². The lowest BCUT2D eigenvalue weighted by Gasteiger charge is -2.24. The number of amides is 2. The van der Waals surface area contributed by atoms with Gasteiger partial charge in [0.15, 0.2) is 11.5 Å². The quantitative estimate of drug-likeness (QED) is 0.400. The zero-order valence-electron chi connectivity index (χ0n) is 21.1. The van der Waals surface area contributed by atoms with E-state index in [1.54, 1.807) is 19.5 Å². The van der Waals surface area contributed by atoms with Crippen LogP contribution in [0, 0.1) is 5.92 Å². The lowest BCUT2D eigenvalue weighted by atomic mass is 10.0. The van der Waals surface area contributed by atoms with Crippen molar-refractivity contribution in [3.63, 3.8) is 0 Å². The normalized spacial score (nSPS) is 12.4. The number of hydrogen-bond acceptors (Lipinski definition) is 6. The molecule has 0 fully saturated rings. The summed E-state index contributed by atoms with van der Waals surface area (Å²) in [7, 11) is 1.57. The van der Waals surface area contributed by atoms with Crippen LogP contribution in [0.2, 0.25) is 0 Å². The summed E-state index contributed by atoms with van der Waals surface area (Å²) >= 11 is 0. The average Bonchev–Trinajstić information content (AvgIpc) is 2.90. The molecule has 0 bridgehead atoms. The van der Waals surface area contributed by atoms with Crippen molar-refractivity contribution in [3.8, 4) is 11.5 Å². The van der Waals surface area contributed by atoms with Crippen molar-refractivity contribution in [2.75, 3.05) is 7.11 Å². The molecule has 0 saturated heterocycles. The molecular weight excluding hydrogens is 458 g/mol. The van der Waals surface area contributed by atoms with Gasteiger partial charge in [0.2, 0.25) is 5.91 Å². The first-order valence-corrected chi connectivity index (χ1v) is 11.8. The van der Waals surface area contributed by atoms with Gasteiger partial charge in [0.25, 0.3) is 0 Å². The van der Waals surface area contributed by atoms with E-state index in [-0.39, 0.29) is 24.5 Å². The summed E-state index contributed by atoms with van der Waals surface area (Å²) in [5.41, 5.74) is 2.70. The third-order valence-electron chi connectivity index (χ3n) is 5.63. The number of benzene rings is 2. The van der Waals surface area contributed by atoms with E-state index in [4.69, 9.17) is 14.2 Å². The first-order valence-electron chi connectivity index (χ1n) is 11.8. The van der Waals surface area contributed by atoms with Crippen LogP contribution in [0.15, 0.2) is 73.1 Å². The first-order chi connectivity index (χ1) is 17.4. The van der Waals surface area contributed by atoms with Gasteiger partial charge < -0.3 is 24.8 Å². The van der Waals surface area contributed by atoms with Gasteiger partial charge in [0, 0.05) is 12.4 Å². The third kappa shape index (κ3) is 7.73. The first kappa shape index (κ1) is 26.5.